The average molecular weight is 264 g/mol. The molecule has 0 saturated heterocycles. The Bertz CT molecular complexity index is 458. The molecule has 19 heavy (non-hydrogen) atoms. The fourth-order valence-electron chi connectivity index (χ4n) is 1.53. The van der Waals surface area contributed by atoms with Gasteiger partial charge in [0, 0.05) is 24.4 Å². The van der Waals surface area contributed by atoms with E-state index in [1.54, 1.807) is 25.1 Å². The number of amides is 2. The number of anilines is 2. The van der Waals surface area contributed by atoms with Crippen molar-refractivity contribution in [3.8, 4) is 0 Å². The van der Waals surface area contributed by atoms with Gasteiger partial charge in [-0.1, -0.05) is 13.0 Å². The summed E-state index contributed by atoms with van der Waals surface area (Å²) in [4.78, 5) is 23.0. The lowest BCUT2D eigenvalue weighted by Gasteiger charge is -2.13. The highest BCUT2D eigenvalue weighted by molar-refractivity contribution is 5.96. The van der Waals surface area contributed by atoms with Crippen LogP contribution in [0.3, 0.4) is 0 Å². The predicted molar refractivity (Wildman–Crippen MR) is 75.2 cm³/mol. The summed E-state index contributed by atoms with van der Waals surface area (Å²) in [6.45, 7) is 6.00. The van der Waals surface area contributed by atoms with Gasteiger partial charge in [-0.15, -0.1) is 0 Å². The van der Waals surface area contributed by atoms with Gasteiger partial charge in [-0.2, -0.15) is 0 Å². The molecule has 0 unspecified atom stereocenters. The first kappa shape index (κ1) is 15.2. The molecule has 0 saturated carbocycles. The second kappa shape index (κ2) is 7.53. The molecule has 1 rings (SSSR count). The molecule has 5 nitrogen and oxygen atoms in total. The van der Waals surface area contributed by atoms with E-state index in [9.17, 15) is 9.59 Å². The average Bonchev–Trinajstić information content (AvgIpc) is 2.40. The van der Waals surface area contributed by atoms with E-state index in [2.05, 4.69) is 10.6 Å². The van der Waals surface area contributed by atoms with E-state index in [0.29, 0.717) is 24.4 Å². The van der Waals surface area contributed by atoms with Crippen LogP contribution in [0, 0.1) is 6.92 Å². The minimum atomic E-state index is -0.205. The van der Waals surface area contributed by atoms with Gasteiger partial charge in [0.1, 0.15) is 6.61 Å². The first-order chi connectivity index (χ1) is 9.08. The fraction of sp³-hybridized carbons (Fsp3) is 0.429. The number of ether oxygens (including phenoxy) is 1. The molecule has 2 amide bonds. The van der Waals surface area contributed by atoms with Gasteiger partial charge < -0.3 is 15.4 Å². The van der Waals surface area contributed by atoms with Crippen molar-refractivity contribution in [2.24, 2.45) is 0 Å². The van der Waals surface area contributed by atoms with Crippen molar-refractivity contribution in [2.75, 3.05) is 23.8 Å². The molecule has 104 valence electrons. The molecule has 0 heterocycles. The Morgan fingerprint density at radius 3 is 2.21 bits per heavy atom. The van der Waals surface area contributed by atoms with Crippen LogP contribution in [-0.2, 0) is 14.3 Å². The molecule has 0 aliphatic heterocycles. The van der Waals surface area contributed by atoms with Gasteiger partial charge >= 0.3 is 0 Å². The van der Waals surface area contributed by atoms with Crippen LogP contribution in [0.5, 0.6) is 0 Å². The van der Waals surface area contributed by atoms with Crippen molar-refractivity contribution in [3.63, 3.8) is 0 Å². The standard InChI is InChI=1S/C14H20N2O3/c1-4-13(17)15-11-7-6-8-12(10(11)3)16-14(18)9-19-5-2/h6-8H,4-5,9H2,1-3H3,(H,15,17)(H,16,18). The van der Waals surface area contributed by atoms with Gasteiger partial charge in [-0.3, -0.25) is 9.59 Å². The minimum absolute atomic E-state index is 0.0293. The van der Waals surface area contributed by atoms with E-state index >= 15 is 0 Å². The van der Waals surface area contributed by atoms with Crippen LogP contribution in [-0.4, -0.2) is 25.0 Å². The quantitative estimate of drug-likeness (QED) is 0.828. The fourth-order valence-corrected chi connectivity index (χ4v) is 1.53. The minimum Gasteiger partial charge on any atom is -0.372 e. The van der Waals surface area contributed by atoms with Gasteiger partial charge in [0.25, 0.3) is 0 Å². The first-order valence-corrected chi connectivity index (χ1v) is 6.35. The lowest BCUT2D eigenvalue weighted by atomic mass is 10.1. The number of carbonyl (C=O) groups is 2. The van der Waals surface area contributed by atoms with E-state index in [0.717, 1.165) is 5.56 Å². The van der Waals surface area contributed by atoms with Crippen LogP contribution >= 0.6 is 0 Å². The third kappa shape index (κ3) is 4.71. The molecule has 1 aromatic rings. The maximum Gasteiger partial charge on any atom is 0.250 e. The molecular formula is C14H20N2O3. The number of hydrogen-bond donors (Lipinski definition) is 2. The molecule has 0 aliphatic carbocycles. The molecular weight excluding hydrogens is 244 g/mol. The number of benzene rings is 1. The Hall–Kier alpha value is -1.88. The van der Waals surface area contributed by atoms with Crippen molar-refractivity contribution < 1.29 is 14.3 Å². The monoisotopic (exact) mass is 264 g/mol. The predicted octanol–water partition coefficient (Wildman–Crippen LogP) is 2.32. The lowest BCUT2D eigenvalue weighted by molar-refractivity contribution is -0.120. The van der Waals surface area contributed by atoms with Crippen molar-refractivity contribution in [1.29, 1.82) is 0 Å². The number of rotatable bonds is 6. The third-order valence-electron chi connectivity index (χ3n) is 2.64. The molecule has 0 atom stereocenters. The molecule has 5 heteroatoms. The topological polar surface area (TPSA) is 67.4 Å². The Morgan fingerprint density at radius 2 is 1.68 bits per heavy atom. The van der Waals surface area contributed by atoms with Crippen molar-refractivity contribution in [3.05, 3.63) is 23.8 Å². The van der Waals surface area contributed by atoms with Crippen LogP contribution in [0.15, 0.2) is 18.2 Å². The SMILES string of the molecule is CCOCC(=O)Nc1cccc(NC(=O)CC)c1C. The zero-order valence-corrected chi connectivity index (χ0v) is 11.6. The van der Waals surface area contributed by atoms with E-state index in [-0.39, 0.29) is 18.4 Å². The Balaban J connectivity index is 2.77. The van der Waals surface area contributed by atoms with Crippen molar-refractivity contribution in [1.82, 2.24) is 0 Å². The van der Waals surface area contributed by atoms with Crippen LogP contribution in [0.1, 0.15) is 25.8 Å². The van der Waals surface area contributed by atoms with Gasteiger partial charge in [0.2, 0.25) is 11.8 Å². The molecule has 0 spiro atoms. The summed E-state index contributed by atoms with van der Waals surface area (Å²) in [5, 5.41) is 5.56. The van der Waals surface area contributed by atoms with E-state index in [1.165, 1.54) is 0 Å². The van der Waals surface area contributed by atoms with Crippen LogP contribution in [0.2, 0.25) is 0 Å². The maximum atomic E-state index is 11.6. The highest BCUT2D eigenvalue weighted by Crippen LogP contribution is 2.23. The highest BCUT2D eigenvalue weighted by atomic mass is 16.5. The second-order valence-corrected chi connectivity index (χ2v) is 4.07. The van der Waals surface area contributed by atoms with E-state index in [4.69, 9.17) is 4.74 Å². The van der Waals surface area contributed by atoms with Crippen molar-refractivity contribution in [2.45, 2.75) is 27.2 Å². The third-order valence-corrected chi connectivity index (χ3v) is 2.64. The van der Waals surface area contributed by atoms with Crippen LogP contribution < -0.4 is 10.6 Å². The summed E-state index contributed by atoms with van der Waals surface area (Å²) >= 11 is 0. The number of nitrogens with one attached hydrogen (secondary N) is 2. The van der Waals surface area contributed by atoms with Gasteiger partial charge in [-0.05, 0) is 31.5 Å². The van der Waals surface area contributed by atoms with E-state index < -0.39 is 0 Å². The summed E-state index contributed by atoms with van der Waals surface area (Å²) in [5.74, 6) is -0.259. The Kier molecular flexibility index (Phi) is 6.02. The highest BCUT2D eigenvalue weighted by Gasteiger charge is 2.09. The number of carbonyl (C=O) groups excluding carboxylic acids is 2. The lowest BCUT2D eigenvalue weighted by Crippen LogP contribution is -2.19. The van der Waals surface area contributed by atoms with Gasteiger partial charge in [-0.25, -0.2) is 0 Å². The smallest absolute Gasteiger partial charge is 0.250 e. The summed E-state index contributed by atoms with van der Waals surface area (Å²) in [5.41, 5.74) is 2.22. The van der Waals surface area contributed by atoms with E-state index in [1.807, 2.05) is 13.8 Å². The van der Waals surface area contributed by atoms with Crippen LogP contribution in [0.25, 0.3) is 0 Å². The summed E-state index contributed by atoms with van der Waals surface area (Å²) in [6, 6.07) is 5.39. The number of hydrogen-bond acceptors (Lipinski definition) is 3. The summed E-state index contributed by atoms with van der Waals surface area (Å²) in [6.07, 6.45) is 0.417. The maximum absolute atomic E-state index is 11.6. The molecule has 0 fully saturated rings. The molecule has 1 aromatic carbocycles. The Labute approximate surface area is 113 Å². The van der Waals surface area contributed by atoms with Crippen molar-refractivity contribution >= 4 is 23.2 Å². The van der Waals surface area contributed by atoms with Crippen LogP contribution in [0.4, 0.5) is 11.4 Å². The molecule has 0 radical (unpaired) electrons. The summed E-state index contributed by atoms with van der Waals surface area (Å²) in [7, 11) is 0. The molecule has 2 N–H and O–H groups in total. The van der Waals surface area contributed by atoms with Gasteiger partial charge in [0.05, 0.1) is 0 Å². The summed E-state index contributed by atoms with van der Waals surface area (Å²) < 4.78 is 5.04. The molecule has 0 bridgehead atoms. The Morgan fingerprint density at radius 1 is 1.11 bits per heavy atom. The first-order valence-electron chi connectivity index (χ1n) is 6.35. The normalized spacial score (nSPS) is 10.1. The second-order valence-electron chi connectivity index (χ2n) is 4.07. The molecule has 0 aromatic heterocycles. The zero-order chi connectivity index (χ0) is 14.3. The zero-order valence-electron chi connectivity index (χ0n) is 11.6. The largest absolute Gasteiger partial charge is 0.372 e. The van der Waals surface area contributed by atoms with Gasteiger partial charge in [0.15, 0.2) is 0 Å². The molecule has 0 aliphatic rings.